The first kappa shape index (κ1) is 19.9. The second-order valence-electron chi connectivity index (χ2n) is 5.90. The highest BCUT2D eigenvalue weighted by Crippen LogP contribution is 2.23. The van der Waals surface area contributed by atoms with Crippen molar-refractivity contribution in [1.82, 2.24) is 4.72 Å². The molecule has 9 heteroatoms. The van der Waals surface area contributed by atoms with Gasteiger partial charge in [-0.3, -0.25) is 0 Å². The van der Waals surface area contributed by atoms with E-state index in [4.69, 9.17) is 23.2 Å². The molecular weight excluding hydrogens is 426 g/mol. The Kier molecular flexibility index (Phi) is 5.63. The summed E-state index contributed by atoms with van der Waals surface area (Å²) in [6.07, 6.45) is 0. The number of nitrogens with one attached hydrogen (secondary N) is 2. The molecule has 3 rings (SSSR count). The number of anilines is 1. The smallest absolute Gasteiger partial charge is 0.306 e. The monoisotopic (exact) mass is 440 g/mol. The van der Waals surface area contributed by atoms with E-state index in [2.05, 4.69) is 14.6 Å². The maximum atomic E-state index is 12.5. The molecular formula is C18H15Cl2N2O3PS. The highest BCUT2D eigenvalue weighted by Gasteiger charge is 2.19. The predicted octanol–water partition coefficient (Wildman–Crippen LogP) is 4.47. The van der Waals surface area contributed by atoms with Crippen molar-refractivity contribution in [2.45, 2.75) is 11.8 Å². The Morgan fingerprint density at radius 3 is 2.33 bits per heavy atom. The maximum Gasteiger partial charge on any atom is 0.333 e. The second kappa shape index (κ2) is 7.64. The van der Waals surface area contributed by atoms with E-state index in [0.717, 1.165) is 5.39 Å². The Balaban J connectivity index is 1.84. The van der Waals surface area contributed by atoms with Crippen LogP contribution in [0, 0.1) is 6.92 Å². The molecule has 5 nitrogen and oxygen atoms in total. The van der Waals surface area contributed by atoms with E-state index in [1.165, 1.54) is 12.1 Å². The molecule has 0 aliphatic rings. The van der Waals surface area contributed by atoms with E-state index >= 15 is 0 Å². The van der Waals surface area contributed by atoms with Crippen molar-refractivity contribution in [1.29, 1.82) is 0 Å². The van der Waals surface area contributed by atoms with Crippen LogP contribution in [0.4, 0.5) is 10.5 Å². The maximum absolute atomic E-state index is 12.5. The lowest BCUT2D eigenvalue weighted by atomic mass is 10.1. The van der Waals surface area contributed by atoms with Crippen molar-refractivity contribution in [3.8, 4) is 0 Å². The minimum atomic E-state index is -4.04. The zero-order valence-electron chi connectivity index (χ0n) is 14.1. The van der Waals surface area contributed by atoms with Gasteiger partial charge in [0, 0.05) is 10.0 Å². The van der Waals surface area contributed by atoms with Crippen molar-refractivity contribution < 1.29 is 13.2 Å². The highest BCUT2D eigenvalue weighted by atomic mass is 35.5. The van der Waals surface area contributed by atoms with Gasteiger partial charge in [-0.15, -0.1) is 9.24 Å². The summed E-state index contributed by atoms with van der Waals surface area (Å²) in [6.45, 7) is 1.76. The number of amides is 2. The van der Waals surface area contributed by atoms with Crippen LogP contribution in [0.15, 0.2) is 53.4 Å². The van der Waals surface area contributed by atoms with Gasteiger partial charge in [-0.1, -0.05) is 35.3 Å². The summed E-state index contributed by atoms with van der Waals surface area (Å²) in [5, 5.41) is 5.78. The molecule has 0 saturated carbocycles. The van der Waals surface area contributed by atoms with Gasteiger partial charge in [0.25, 0.3) is 10.0 Å². The molecule has 0 fully saturated rings. The molecule has 0 aliphatic carbocycles. The molecule has 2 N–H and O–H groups in total. The number of carbonyl (C=O) groups excluding carboxylic acids is 1. The summed E-state index contributed by atoms with van der Waals surface area (Å²) in [7, 11) is -1.59. The molecule has 0 spiro atoms. The number of hydrogen-bond acceptors (Lipinski definition) is 3. The Bertz CT molecular complexity index is 1140. The van der Waals surface area contributed by atoms with E-state index < -0.39 is 16.1 Å². The van der Waals surface area contributed by atoms with E-state index in [1.807, 2.05) is 4.72 Å². The van der Waals surface area contributed by atoms with Gasteiger partial charge in [-0.2, -0.15) is 0 Å². The summed E-state index contributed by atoms with van der Waals surface area (Å²) in [6, 6.07) is 12.1. The fourth-order valence-electron chi connectivity index (χ4n) is 2.62. The number of rotatable bonds is 3. The standard InChI is InChI=1S/C18H15Cl2N2O3PS/c1-10-6-14(20)9-16(26)17(10)21-18(23)22-27(24,25)15-5-3-11-7-13(19)4-2-12(11)8-15/h2-9H,26H2,1H3,(H2,21,22,23). The number of benzene rings is 3. The van der Waals surface area contributed by atoms with Gasteiger partial charge in [0.05, 0.1) is 10.6 Å². The van der Waals surface area contributed by atoms with Crippen molar-refractivity contribution in [3.63, 3.8) is 0 Å². The lowest BCUT2D eigenvalue weighted by Crippen LogP contribution is -2.35. The van der Waals surface area contributed by atoms with Crippen LogP contribution in [0.25, 0.3) is 10.8 Å². The molecule has 140 valence electrons. The molecule has 1 atom stereocenters. The van der Waals surface area contributed by atoms with Gasteiger partial charge in [0.15, 0.2) is 0 Å². The van der Waals surface area contributed by atoms with Crippen molar-refractivity contribution in [2.75, 3.05) is 5.32 Å². The summed E-state index contributed by atoms with van der Waals surface area (Å²) < 4.78 is 27.1. The quantitative estimate of drug-likeness (QED) is 0.590. The number of aryl methyl sites for hydroxylation is 1. The average Bonchev–Trinajstić information content (AvgIpc) is 2.57. The molecule has 0 heterocycles. The molecule has 3 aromatic rings. The Morgan fingerprint density at radius 1 is 0.963 bits per heavy atom. The highest BCUT2D eigenvalue weighted by molar-refractivity contribution is 7.90. The molecule has 0 aliphatic heterocycles. The van der Waals surface area contributed by atoms with Crippen LogP contribution in [-0.2, 0) is 10.0 Å². The van der Waals surface area contributed by atoms with E-state index in [0.29, 0.717) is 32.0 Å². The lowest BCUT2D eigenvalue weighted by Gasteiger charge is -2.13. The van der Waals surface area contributed by atoms with Crippen LogP contribution in [0.3, 0.4) is 0 Å². The summed E-state index contributed by atoms with van der Waals surface area (Å²) >= 11 is 11.9. The Hall–Kier alpha value is -1.85. The molecule has 1 unspecified atom stereocenters. The first-order valence-corrected chi connectivity index (χ1v) is 10.6. The van der Waals surface area contributed by atoms with Gasteiger partial charge in [0.2, 0.25) is 0 Å². The van der Waals surface area contributed by atoms with Crippen LogP contribution in [-0.4, -0.2) is 14.4 Å². The Labute approximate surface area is 169 Å². The first-order chi connectivity index (χ1) is 12.7. The van der Waals surface area contributed by atoms with E-state index in [1.54, 1.807) is 43.3 Å². The third-order valence-corrected chi connectivity index (χ3v) is 6.12. The number of urea groups is 1. The van der Waals surface area contributed by atoms with Gasteiger partial charge < -0.3 is 5.32 Å². The third kappa shape index (κ3) is 4.53. The van der Waals surface area contributed by atoms with E-state index in [9.17, 15) is 13.2 Å². The summed E-state index contributed by atoms with van der Waals surface area (Å²) in [5.41, 5.74) is 1.19. The number of sulfonamides is 1. The van der Waals surface area contributed by atoms with Gasteiger partial charge >= 0.3 is 6.03 Å². The molecule has 2 amide bonds. The first-order valence-electron chi connectivity index (χ1n) is 7.74. The number of fused-ring (bicyclic) bond motifs is 1. The van der Waals surface area contributed by atoms with E-state index in [-0.39, 0.29) is 4.90 Å². The van der Waals surface area contributed by atoms with Crippen LogP contribution in [0.5, 0.6) is 0 Å². The van der Waals surface area contributed by atoms with Crippen LogP contribution >= 0.6 is 32.4 Å². The average molecular weight is 441 g/mol. The minimum absolute atomic E-state index is 0.0219. The second-order valence-corrected chi connectivity index (χ2v) is 9.08. The SMILES string of the molecule is Cc1cc(Cl)cc(P)c1NC(=O)NS(=O)(=O)c1ccc2cc(Cl)ccc2c1. The van der Waals surface area contributed by atoms with Crippen LogP contribution < -0.4 is 15.3 Å². The number of halogens is 2. The predicted molar refractivity (Wildman–Crippen MR) is 114 cm³/mol. The minimum Gasteiger partial charge on any atom is -0.306 e. The zero-order chi connectivity index (χ0) is 19.8. The molecule has 0 bridgehead atoms. The van der Waals surface area contributed by atoms with Crippen LogP contribution in [0.2, 0.25) is 10.0 Å². The summed E-state index contributed by atoms with van der Waals surface area (Å²) in [4.78, 5) is 12.2. The van der Waals surface area contributed by atoms with Crippen LogP contribution in [0.1, 0.15) is 5.56 Å². The topological polar surface area (TPSA) is 75.3 Å². The molecule has 0 aromatic heterocycles. The molecule has 3 aromatic carbocycles. The van der Waals surface area contributed by atoms with Gasteiger partial charge in [0.1, 0.15) is 0 Å². The number of hydrogen-bond donors (Lipinski definition) is 2. The lowest BCUT2D eigenvalue weighted by molar-refractivity contribution is 0.256. The molecule has 0 saturated heterocycles. The van der Waals surface area contributed by atoms with Crippen molar-refractivity contribution >= 4 is 70.3 Å². The Morgan fingerprint density at radius 2 is 1.63 bits per heavy atom. The third-order valence-electron chi connectivity index (χ3n) is 3.88. The summed E-state index contributed by atoms with van der Waals surface area (Å²) in [5.74, 6) is 0. The van der Waals surface area contributed by atoms with Crippen molar-refractivity contribution in [2.24, 2.45) is 0 Å². The largest absolute Gasteiger partial charge is 0.333 e. The number of carbonyl (C=O) groups is 1. The molecule has 27 heavy (non-hydrogen) atoms. The molecule has 0 radical (unpaired) electrons. The zero-order valence-corrected chi connectivity index (χ0v) is 17.6. The fourth-order valence-corrected chi connectivity index (χ4v) is 4.61. The van der Waals surface area contributed by atoms with Gasteiger partial charge in [-0.25, -0.2) is 17.9 Å². The normalized spacial score (nSPS) is 11.4. The fraction of sp³-hybridized carbons (Fsp3) is 0.0556. The van der Waals surface area contributed by atoms with Crippen molar-refractivity contribution in [3.05, 3.63) is 64.1 Å². The van der Waals surface area contributed by atoms with Gasteiger partial charge in [-0.05, 0) is 65.0 Å².